The number of halogens is 1. The van der Waals surface area contributed by atoms with E-state index in [1.165, 1.54) is 23.0 Å². The smallest absolute Gasteiger partial charge is 0.256 e. The zero-order valence-electron chi connectivity index (χ0n) is 15.1. The lowest BCUT2D eigenvalue weighted by molar-refractivity contribution is -0.136. The Kier molecular flexibility index (Phi) is 5.03. The minimum atomic E-state index is -0.476. The van der Waals surface area contributed by atoms with Gasteiger partial charge in [0.2, 0.25) is 5.91 Å². The number of ether oxygens (including phenoxy) is 1. The monoisotopic (exact) mass is 382 g/mol. The third-order valence-corrected chi connectivity index (χ3v) is 4.62. The van der Waals surface area contributed by atoms with Gasteiger partial charge in [-0.25, -0.2) is 4.39 Å². The zero-order valence-corrected chi connectivity index (χ0v) is 15.1. The van der Waals surface area contributed by atoms with E-state index in [-0.39, 0.29) is 18.0 Å². The van der Waals surface area contributed by atoms with Crippen LogP contribution in [0.15, 0.2) is 48.8 Å². The molecule has 0 saturated carbocycles. The lowest BCUT2D eigenvalue weighted by Crippen LogP contribution is -2.42. The molecular weight excluding hydrogens is 363 g/mol. The van der Waals surface area contributed by atoms with Crippen LogP contribution in [0.5, 0.6) is 0 Å². The number of fused-ring (bicyclic) bond motifs is 1. The van der Waals surface area contributed by atoms with Gasteiger partial charge in [-0.2, -0.15) is 5.10 Å². The van der Waals surface area contributed by atoms with Crippen LogP contribution in [0.2, 0.25) is 0 Å². The fraction of sp³-hybridized carbons (Fsp3) is 0.250. The van der Waals surface area contributed by atoms with Crippen molar-refractivity contribution in [3.05, 3.63) is 60.2 Å². The molecule has 0 atom stereocenters. The predicted molar refractivity (Wildman–Crippen MR) is 101 cm³/mol. The number of benzene rings is 2. The Morgan fingerprint density at radius 1 is 1.18 bits per heavy atom. The average Bonchev–Trinajstić information content (AvgIpc) is 3.14. The third kappa shape index (κ3) is 3.86. The Morgan fingerprint density at radius 2 is 1.96 bits per heavy atom. The molecule has 3 aromatic rings. The van der Waals surface area contributed by atoms with Crippen LogP contribution < -0.4 is 5.32 Å². The molecule has 1 saturated heterocycles. The van der Waals surface area contributed by atoms with Crippen LogP contribution >= 0.6 is 0 Å². The Bertz CT molecular complexity index is 1030. The number of anilines is 1. The van der Waals surface area contributed by atoms with Crippen LogP contribution in [0, 0.1) is 5.82 Å². The van der Waals surface area contributed by atoms with Gasteiger partial charge in [-0.1, -0.05) is 24.3 Å². The summed E-state index contributed by atoms with van der Waals surface area (Å²) in [6, 6.07) is 9.72. The van der Waals surface area contributed by atoms with Gasteiger partial charge in [-0.3, -0.25) is 14.3 Å². The van der Waals surface area contributed by atoms with Crippen LogP contribution in [-0.2, 0) is 16.1 Å². The van der Waals surface area contributed by atoms with Gasteiger partial charge in [-0.15, -0.1) is 0 Å². The summed E-state index contributed by atoms with van der Waals surface area (Å²) in [4.78, 5) is 26.7. The standard InChI is InChI=1S/C20H19FN4O3/c21-15-9-14-3-1-2-4-17(14)18(10-15)20(27)23-16-11-22-25(12-16)13-19(26)24-5-7-28-8-6-24/h1-4,9-12H,5-8,13H2,(H,23,27). The summed E-state index contributed by atoms with van der Waals surface area (Å²) in [7, 11) is 0. The van der Waals surface area contributed by atoms with Gasteiger partial charge in [0.15, 0.2) is 0 Å². The van der Waals surface area contributed by atoms with Gasteiger partial charge in [-0.05, 0) is 22.9 Å². The first-order chi connectivity index (χ1) is 13.6. The maximum Gasteiger partial charge on any atom is 0.256 e. The van der Waals surface area contributed by atoms with Crippen LogP contribution in [-0.4, -0.2) is 52.8 Å². The van der Waals surface area contributed by atoms with Crippen molar-refractivity contribution in [1.29, 1.82) is 0 Å². The second kappa shape index (κ2) is 7.77. The summed E-state index contributed by atoms with van der Waals surface area (Å²) in [6.07, 6.45) is 3.05. The third-order valence-electron chi connectivity index (χ3n) is 4.62. The van der Waals surface area contributed by atoms with Gasteiger partial charge in [0.1, 0.15) is 12.4 Å². The van der Waals surface area contributed by atoms with E-state index in [2.05, 4.69) is 10.4 Å². The quantitative estimate of drug-likeness (QED) is 0.751. The van der Waals surface area contributed by atoms with Crippen LogP contribution in [0.4, 0.5) is 10.1 Å². The molecule has 8 heteroatoms. The van der Waals surface area contributed by atoms with E-state index in [0.717, 1.165) is 0 Å². The summed E-state index contributed by atoms with van der Waals surface area (Å²) < 4.78 is 20.6. The van der Waals surface area contributed by atoms with E-state index in [0.29, 0.717) is 42.8 Å². The molecule has 2 heterocycles. The van der Waals surface area contributed by atoms with Gasteiger partial charge >= 0.3 is 0 Å². The average molecular weight is 382 g/mol. The molecule has 7 nitrogen and oxygen atoms in total. The first-order valence-corrected chi connectivity index (χ1v) is 8.98. The fourth-order valence-corrected chi connectivity index (χ4v) is 3.23. The number of amides is 2. The highest BCUT2D eigenvalue weighted by Crippen LogP contribution is 2.21. The van der Waals surface area contributed by atoms with Crippen LogP contribution in [0.25, 0.3) is 10.8 Å². The summed E-state index contributed by atoms with van der Waals surface area (Å²) in [5.74, 6) is -0.967. The first-order valence-electron chi connectivity index (χ1n) is 8.98. The van der Waals surface area contributed by atoms with Gasteiger partial charge in [0.05, 0.1) is 30.7 Å². The highest BCUT2D eigenvalue weighted by Gasteiger charge is 2.18. The number of carbonyl (C=O) groups is 2. The summed E-state index contributed by atoms with van der Waals surface area (Å²) in [5.41, 5.74) is 0.681. The van der Waals surface area contributed by atoms with Gasteiger partial charge in [0, 0.05) is 19.3 Å². The summed E-state index contributed by atoms with van der Waals surface area (Å²) >= 11 is 0. The number of hydrogen-bond donors (Lipinski definition) is 1. The SMILES string of the molecule is O=C(Nc1cnn(CC(=O)N2CCOCC2)c1)c1cc(F)cc2ccccc12. The Morgan fingerprint density at radius 3 is 2.79 bits per heavy atom. The van der Waals surface area contributed by atoms with Crippen LogP contribution in [0.3, 0.4) is 0 Å². The molecule has 0 unspecified atom stereocenters. The molecule has 1 aliphatic rings. The zero-order chi connectivity index (χ0) is 19.5. The lowest BCUT2D eigenvalue weighted by Gasteiger charge is -2.26. The molecule has 0 radical (unpaired) electrons. The minimum Gasteiger partial charge on any atom is -0.378 e. The molecule has 144 valence electrons. The van der Waals surface area contributed by atoms with Crippen molar-refractivity contribution in [1.82, 2.24) is 14.7 Å². The van der Waals surface area contributed by atoms with E-state index in [9.17, 15) is 14.0 Å². The molecule has 4 rings (SSSR count). The number of nitrogens with zero attached hydrogens (tertiary/aromatic N) is 3. The molecule has 2 amide bonds. The second-order valence-electron chi connectivity index (χ2n) is 6.55. The Labute approximate surface area is 160 Å². The number of carbonyl (C=O) groups excluding carboxylic acids is 2. The summed E-state index contributed by atoms with van der Waals surface area (Å²) in [6.45, 7) is 2.28. The molecule has 1 aromatic heterocycles. The largest absolute Gasteiger partial charge is 0.378 e. The van der Waals surface area contributed by atoms with Crippen LogP contribution in [0.1, 0.15) is 10.4 Å². The molecule has 2 aromatic carbocycles. The topological polar surface area (TPSA) is 76.5 Å². The van der Waals surface area contributed by atoms with Crippen molar-refractivity contribution in [2.45, 2.75) is 6.54 Å². The first kappa shape index (κ1) is 18.1. The maximum atomic E-state index is 13.9. The van der Waals surface area contributed by atoms with E-state index < -0.39 is 11.7 Å². The number of nitrogens with one attached hydrogen (secondary N) is 1. The van der Waals surface area contributed by atoms with Crippen molar-refractivity contribution in [2.24, 2.45) is 0 Å². The normalized spacial score (nSPS) is 14.2. The minimum absolute atomic E-state index is 0.0552. The molecule has 0 spiro atoms. The van der Waals surface area contributed by atoms with E-state index >= 15 is 0 Å². The van der Waals surface area contributed by atoms with Crippen molar-refractivity contribution in [2.75, 3.05) is 31.6 Å². The Balaban J connectivity index is 1.47. The van der Waals surface area contributed by atoms with E-state index in [1.54, 1.807) is 35.4 Å². The molecule has 1 N–H and O–H groups in total. The molecular formula is C20H19FN4O3. The van der Waals surface area contributed by atoms with Crippen molar-refractivity contribution >= 4 is 28.3 Å². The fourth-order valence-electron chi connectivity index (χ4n) is 3.23. The van der Waals surface area contributed by atoms with Gasteiger partial charge < -0.3 is 15.0 Å². The highest BCUT2D eigenvalue weighted by molar-refractivity contribution is 6.12. The second-order valence-corrected chi connectivity index (χ2v) is 6.55. The van der Waals surface area contributed by atoms with E-state index in [1.807, 2.05) is 0 Å². The lowest BCUT2D eigenvalue weighted by atomic mass is 10.0. The number of aromatic nitrogens is 2. The number of hydrogen-bond acceptors (Lipinski definition) is 4. The number of morpholine rings is 1. The predicted octanol–water partition coefficient (Wildman–Crippen LogP) is 2.29. The van der Waals surface area contributed by atoms with Crippen molar-refractivity contribution in [3.8, 4) is 0 Å². The van der Waals surface area contributed by atoms with Gasteiger partial charge in [0.25, 0.3) is 5.91 Å². The van der Waals surface area contributed by atoms with Crippen molar-refractivity contribution in [3.63, 3.8) is 0 Å². The Hall–Kier alpha value is -3.26. The summed E-state index contributed by atoms with van der Waals surface area (Å²) in [5, 5.41) is 8.16. The molecule has 28 heavy (non-hydrogen) atoms. The molecule has 1 aliphatic heterocycles. The van der Waals surface area contributed by atoms with Crippen molar-refractivity contribution < 1.29 is 18.7 Å². The molecule has 0 aliphatic carbocycles. The number of rotatable bonds is 4. The maximum absolute atomic E-state index is 13.9. The molecule has 1 fully saturated rings. The highest BCUT2D eigenvalue weighted by atomic mass is 19.1. The molecule has 0 bridgehead atoms. The van der Waals surface area contributed by atoms with E-state index in [4.69, 9.17) is 4.74 Å².